The van der Waals surface area contributed by atoms with Crippen molar-refractivity contribution in [2.75, 3.05) is 19.7 Å². The van der Waals surface area contributed by atoms with E-state index in [2.05, 4.69) is 0 Å². The Kier molecular flexibility index (Phi) is 3.79. The molecule has 5 rings (SSSR count). The molecule has 28 heavy (non-hydrogen) atoms. The number of fused-ring (bicyclic) bond motifs is 2. The summed E-state index contributed by atoms with van der Waals surface area (Å²) in [6, 6.07) is 16.1. The number of para-hydroxylation sites is 1. The van der Waals surface area contributed by atoms with E-state index in [9.17, 15) is 14.4 Å². The van der Waals surface area contributed by atoms with Crippen LogP contribution in [-0.2, 0) is 9.53 Å². The van der Waals surface area contributed by atoms with Crippen molar-refractivity contribution < 1.29 is 18.7 Å². The Morgan fingerprint density at radius 2 is 1.86 bits per heavy atom. The lowest BCUT2D eigenvalue weighted by Crippen LogP contribution is -2.30. The molecule has 1 amide bonds. The molecule has 2 fully saturated rings. The molecule has 140 valence electrons. The second-order valence-electron chi connectivity index (χ2n) is 7.27. The molecule has 0 radical (unpaired) electrons. The van der Waals surface area contributed by atoms with Gasteiger partial charge < -0.3 is 14.1 Å². The number of benzene rings is 2. The SMILES string of the molecule is O=C1OC[C@H]2CN(C(=O)c3cccc(-c4cc5ccccc5oc4=O)c3)C[C@@H]12. The van der Waals surface area contributed by atoms with Crippen LogP contribution in [0.4, 0.5) is 0 Å². The van der Waals surface area contributed by atoms with Crippen molar-refractivity contribution in [3.05, 3.63) is 70.6 Å². The Morgan fingerprint density at radius 3 is 2.71 bits per heavy atom. The first-order valence-corrected chi connectivity index (χ1v) is 9.19. The number of likely N-dealkylation sites (tertiary alicyclic amines) is 1. The Morgan fingerprint density at radius 1 is 1.00 bits per heavy atom. The summed E-state index contributed by atoms with van der Waals surface area (Å²) in [5, 5.41) is 0.819. The van der Waals surface area contributed by atoms with E-state index in [-0.39, 0.29) is 23.7 Å². The Balaban J connectivity index is 1.47. The number of amides is 1. The van der Waals surface area contributed by atoms with E-state index in [0.717, 1.165) is 5.39 Å². The fourth-order valence-electron chi connectivity index (χ4n) is 4.03. The van der Waals surface area contributed by atoms with Crippen LogP contribution in [0.5, 0.6) is 0 Å². The minimum absolute atomic E-state index is 0.0761. The van der Waals surface area contributed by atoms with E-state index in [4.69, 9.17) is 9.15 Å². The fourth-order valence-corrected chi connectivity index (χ4v) is 4.03. The zero-order chi connectivity index (χ0) is 19.3. The third-order valence-corrected chi connectivity index (χ3v) is 5.53. The number of ether oxygens (including phenoxy) is 1. The second kappa shape index (κ2) is 6.34. The van der Waals surface area contributed by atoms with E-state index in [0.29, 0.717) is 42.0 Å². The van der Waals surface area contributed by atoms with Crippen LogP contribution < -0.4 is 5.63 Å². The van der Waals surface area contributed by atoms with Crippen molar-refractivity contribution in [3.63, 3.8) is 0 Å². The molecule has 3 heterocycles. The molecule has 0 aliphatic carbocycles. The van der Waals surface area contributed by atoms with Gasteiger partial charge in [0.15, 0.2) is 0 Å². The summed E-state index contributed by atoms with van der Waals surface area (Å²) < 4.78 is 10.5. The molecule has 2 aliphatic rings. The topological polar surface area (TPSA) is 76.8 Å². The maximum absolute atomic E-state index is 12.9. The average Bonchev–Trinajstić information content (AvgIpc) is 3.29. The van der Waals surface area contributed by atoms with Gasteiger partial charge in [-0.15, -0.1) is 0 Å². The van der Waals surface area contributed by atoms with Crippen molar-refractivity contribution in [3.8, 4) is 11.1 Å². The van der Waals surface area contributed by atoms with Crippen LogP contribution in [0, 0.1) is 11.8 Å². The Bertz CT molecular complexity index is 1160. The summed E-state index contributed by atoms with van der Waals surface area (Å²) in [6.45, 7) is 1.27. The molecule has 0 saturated carbocycles. The smallest absolute Gasteiger partial charge is 0.344 e. The summed E-state index contributed by atoms with van der Waals surface area (Å²) in [5.41, 5.74) is 1.61. The zero-order valence-electron chi connectivity index (χ0n) is 15.0. The summed E-state index contributed by atoms with van der Waals surface area (Å²) in [6.07, 6.45) is 0. The van der Waals surface area contributed by atoms with Crippen LogP contribution in [0.3, 0.4) is 0 Å². The van der Waals surface area contributed by atoms with E-state index >= 15 is 0 Å². The molecule has 0 bridgehead atoms. The minimum Gasteiger partial charge on any atom is -0.465 e. The third-order valence-electron chi connectivity index (χ3n) is 5.53. The highest BCUT2D eigenvalue weighted by Gasteiger charge is 2.45. The van der Waals surface area contributed by atoms with E-state index in [1.807, 2.05) is 18.2 Å². The van der Waals surface area contributed by atoms with Gasteiger partial charge in [-0.1, -0.05) is 30.3 Å². The Labute approximate surface area is 160 Å². The van der Waals surface area contributed by atoms with E-state index in [1.165, 1.54) is 0 Å². The fraction of sp³-hybridized carbons (Fsp3) is 0.227. The highest BCUT2D eigenvalue weighted by molar-refractivity contribution is 5.96. The normalized spacial score (nSPS) is 21.0. The number of carbonyl (C=O) groups is 2. The molecule has 3 aromatic rings. The summed E-state index contributed by atoms with van der Waals surface area (Å²) in [5.74, 6) is -0.510. The van der Waals surface area contributed by atoms with Crippen molar-refractivity contribution in [1.82, 2.24) is 4.90 Å². The van der Waals surface area contributed by atoms with Gasteiger partial charge in [0.05, 0.1) is 18.1 Å². The lowest BCUT2D eigenvalue weighted by Gasteiger charge is -2.17. The lowest BCUT2D eigenvalue weighted by atomic mass is 10.0. The summed E-state index contributed by atoms with van der Waals surface area (Å²) >= 11 is 0. The molecule has 2 saturated heterocycles. The largest absolute Gasteiger partial charge is 0.465 e. The molecule has 2 atom stereocenters. The molecule has 0 N–H and O–H groups in total. The van der Waals surface area contributed by atoms with Crippen LogP contribution in [0.1, 0.15) is 10.4 Å². The van der Waals surface area contributed by atoms with Crippen LogP contribution in [0.15, 0.2) is 63.8 Å². The second-order valence-corrected chi connectivity index (χ2v) is 7.27. The van der Waals surface area contributed by atoms with Crippen LogP contribution in [0.2, 0.25) is 0 Å². The first kappa shape index (κ1) is 16.7. The van der Waals surface area contributed by atoms with Crippen LogP contribution >= 0.6 is 0 Å². The van der Waals surface area contributed by atoms with Crippen molar-refractivity contribution in [2.24, 2.45) is 11.8 Å². The first-order chi connectivity index (χ1) is 13.6. The molecule has 6 heteroatoms. The highest BCUT2D eigenvalue weighted by Crippen LogP contribution is 2.31. The quantitative estimate of drug-likeness (QED) is 0.508. The molecule has 0 spiro atoms. The van der Waals surface area contributed by atoms with Gasteiger partial charge in [-0.2, -0.15) is 0 Å². The number of hydrogen-bond donors (Lipinski definition) is 0. The number of nitrogens with zero attached hydrogens (tertiary/aromatic N) is 1. The van der Waals surface area contributed by atoms with Gasteiger partial charge in [0, 0.05) is 30.0 Å². The first-order valence-electron chi connectivity index (χ1n) is 9.19. The molecular weight excluding hydrogens is 358 g/mol. The number of carbonyl (C=O) groups excluding carboxylic acids is 2. The predicted molar refractivity (Wildman–Crippen MR) is 102 cm³/mol. The maximum Gasteiger partial charge on any atom is 0.344 e. The van der Waals surface area contributed by atoms with E-state index in [1.54, 1.807) is 41.3 Å². The van der Waals surface area contributed by atoms with Gasteiger partial charge in [-0.25, -0.2) is 4.79 Å². The number of cyclic esters (lactones) is 1. The molecule has 6 nitrogen and oxygen atoms in total. The molecule has 0 unspecified atom stereocenters. The van der Waals surface area contributed by atoms with Gasteiger partial charge in [0.25, 0.3) is 5.91 Å². The summed E-state index contributed by atoms with van der Waals surface area (Å²) in [7, 11) is 0. The van der Waals surface area contributed by atoms with Gasteiger partial charge in [-0.3, -0.25) is 9.59 Å². The standard InChI is InChI=1S/C22H17NO5/c24-20(23-10-16-12-27-21(25)18(16)11-23)15-6-3-5-13(8-15)17-9-14-4-1-2-7-19(14)28-22(17)26/h1-9,16,18H,10-12H2/t16-,18-/m1/s1. The van der Waals surface area contributed by atoms with Crippen molar-refractivity contribution in [2.45, 2.75) is 0 Å². The van der Waals surface area contributed by atoms with Crippen LogP contribution in [-0.4, -0.2) is 36.5 Å². The predicted octanol–water partition coefficient (Wildman–Crippen LogP) is 2.71. The zero-order valence-corrected chi connectivity index (χ0v) is 15.0. The maximum atomic E-state index is 12.9. The number of esters is 1. The van der Waals surface area contributed by atoms with E-state index < -0.39 is 5.63 Å². The van der Waals surface area contributed by atoms with Crippen molar-refractivity contribution >= 4 is 22.8 Å². The van der Waals surface area contributed by atoms with Gasteiger partial charge in [0.2, 0.25) is 0 Å². The Hall–Kier alpha value is -3.41. The molecular formula is C22H17NO5. The highest BCUT2D eigenvalue weighted by atomic mass is 16.5. The molecule has 2 aromatic carbocycles. The monoisotopic (exact) mass is 375 g/mol. The molecule has 2 aliphatic heterocycles. The number of hydrogen-bond acceptors (Lipinski definition) is 5. The van der Waals surface area contributed by atoms with Crippen LogP contribution in [0.25, 0.3) is 22.1 Å². The van der Waals surface area contributed by atoms with Gasteiger partial charge in [-0.05, 0) is 29.8 Å². The van der Waals surface area contributed by atoms with Gasteiger partial charge >= 0.3 is 11.6 Å². The molecule has 1 aromatic heterocycles. The van der Waals surface area contributed by atoms with Crippen molar-refractivity contribution in [1.29, 1.82) is 0 Å². The third kappa shape index (κ3) is 2.69. The summed E-state index contributed by atoms with van der Waals surface area (Å²) in [4.78, 5) is 38.8. The average molecular weight is 375 g/mol. The minimum atomic E-state index is -0.443. The lowest BCUT2D eigenvalue weighted by molar-refractivity contribution is -0.141. The number of rotatable bonds is 2. The van der Waals surface area contributed by atoms with Gasteiger partial charge in [0.1, 0.15) is 5.58 Å².